The van der Waals surface area contributed by atoms with Crippen LogP contribution in [0.15, 0.2) is 24.3 Å². The molecular weight excluding hydrogens is 259 g/mol. The van der Waals surface area contributed by atoms with Crippen molar-refractivity contribution in [2.45, 2.75) is 26.7 Å². The minimum Gasteiger partial charge on any atom is -0.494 e. The summed E-state index contributed by atoms with van der Waals surface area (Å²) in [4.78, 5) is 13.4. The normalized spacial score (nSPS) is 10.2. The molecule has 0 aliphatic heterocycles. The van der Waals surface area contributed by atoms with Gasteiger partial charge in [0.25, 0.3) is 0 Å². The number of urea groups is 1. The highest BCUT2D eigenvalue weighted by molar-refractivity contribution is 5.73. The van der Waals surface area contributed by atoms with E-state index >= 15 is 0 Å². The molecule has 4 nitrogen and oxygen atoms in total. The fourth-order valence-electron chi connectivity index (χ4n) is 1.77. The Kier molecular flexibility index (Phi) is 7.47. The molecule has 0 unspecified atom stereocenters. The maximum absolute atomic E-state index is 12.7. The topological polar surface area (TPSA) is 41.6 Å². The van der Waals surface area contributed by atoms with Crippen molar-refractivity contribution in [1.82, 2.24) is 10.2 Å². The summed E-state index contributed by atoms with van der Waals surface area (Å²) in [5.41, 5.74) is 0. The molecule has 0 spiro atoms. The van der Waals surface area contributed by atoms with Crippen LogP contribution < -0.4 is 10.1 Å². The molecule has 2 amide bonds. The van der Waals surface area contributed by atoms with Gasteiger partial charge in [0.15, 0.2) is 0 Å². The largest absolute Gasteiger partial charge is 0.494 e. The number of hydrogen-bond acceptors (Lipinski definition) is 2. The molecule has 0 bridgehead atoms. The number of halogens is 1. The first-order chi connectivity index (χ1) is 9.67. The van der Waals surface area contributed by atoms with Crippen LogP contribution >= 0.6 is 0 Å². The van der Waals surface area contributed by atoms with Gasteiger partial charge in [-0.1, -0.05) is 0 Å². The van der Waals surface area contributed by atoms with E-state index in [1.165, 1.54) is 12.1 Å². The first kappa shape index (κ1) is 16.3. The van der Waals surface area contributed by atoms with Crippen LogP contribution in [0.5, 0.6) is 5.75 Å². The maximum Gasteiger partial charge on any atom is 0.317 e. The van der Waals surface area contributed by atoms with Crippen molar-refractivity contribution in [2.24, 2.45) is 0 Å². The van der Waals surface area contributed by atoms with Crippen LogP contribution in [0, 0.1) is 5.82 Å². The molecule has 1 aromatic carbocycles. The fourth-order valence-corrected chi connectivity index (χ4v) is 1.77. The summed E-state index contributed by atoms with van der Waals surface area (Å²) >= 11 is 0. The van der Waals surface area contributed by atoms with Crippen LogP contribution in [0.25, 0.3) is 0 Å². The summed E-state index contributed by atoms with van der Waals surface area (Å²) in [6, 6.07) is 5.95. The molecule has 0 radical (unpaired) electrons. The number of carbonyl (C=O) groups excluding carboxylic acids is 1. The lowest BCUT2D eigenvalue weighted by atomic mass is 10.3. The standard InChI is InChI=1S/C15H23FN2O2/c1-3-18(4-2)15(19)17-11-5-6-12-20-14-9-7-13(16)8-10-14/h7-10H,3-6,11-12H2,1-2H3,(H,17,19). The molecule has 112 valence electrons. The molecular formula is C15H23FN2O2. The number of amides is 2. The third-order valence-electron chi connectivity index (χ3n) is 2.98. The summed E-state index contributed by atoms with van der Waals surface area (Å²) in [5, 5.41) is 2.87. The minimum atomic E-state index is -0.267. The molecule has 1 aromatic rings. The zero-order valence-corrected chi connectivity index (χ0v) is 12.2. The molecule has 0 saturated carbocycles. The van der Waals surface area contributed by atoms with Gasteiger partial charge in [0, 0.05) is 19.6 Å². The highest BCUT2D eigenvalue weighted by atomic mass is 19.1. The molecule has 5 heteroatoms. The lowest BCUT2D eigenvalue weighted by Crippen LogP contribution is -2.40. The number of carbonyl (C=O) groups is 1. The van der Waals surface area contributed by atoms with E-state index in [-0.39, 0.29) is 11.8 Å². The first-order valence-electron chi connectivity index (χ1n) is 7.08. The fraction of sp³-hybridized carbons (Fsp3) is 0.533. The number of benzene rings is 1. The van der Waals surface area contributed by atoms with Gasteiger partial charge in [-0.3, -0.25) is 0 Å². The molecule has 20 heavy (non-hydrogen) atoms. The van der Waals surface area contributed by atoms with E-state index in [0.717, 1.165) is 25.9 Å². The van der Waals surface area contributed by atoms with Gasteiger partial charge in [0.05, 0.1) is 6.61 Å². The maximum atomic E-state index is 12.7. The summed E-state index contributed by atoms with van der Waals surface area (Å²) in [6.45, 7) is 6.56. The highest BCUT2D eigenvalue weighted by Crippen LogP contribution is 2.11. The van der Waals surface area contributed by atoms with Gasteiger partial charge >= 0.3 is 6.03 Å². The van der Waals surface area contributed by atoms with Gasteiger partial charge in [0.2, 0.25) is 0 Å². The van der Waals surface area contributed by atoms with Crippen LogP contribution in [-0.2, 0) is 0 Å². The Morgan fingerprint density at radius 3 is 2.45 bits per heavy atom. The number of ether oxygens (including phenoxy) is 1. The second-order valence-corrected chi connectivity index (χ2v) is 4.41. The number of rotatable bonds is 8. The van der Waals surface area contributed by atoms with E-state index in [9.17, 15) is 9.18 Å². The zero-order chi connectivity index (χ0) is 14.8. The third-order valence-corrected chi connectivity index (χ3v) is 2.98. The lowest BCUT2D eigenvalue weighted by Gasteiger charge is -2.19. The monoisotopic (exact) mass is 282 g/mol. The van der Waals surface area contributed by atoms with E-state index in [2.05, 4.69) is 5.32 Å². The van der Waals surface area contributed by atoms with Gasteiger partial charge in [0.1, 0.15) is 11.6 Å². The van der Waals surface area contributed by atoms with E-state index in [4.69, 9.17) is 4.74 Å². The molecule has 0 aliphatic carbocycles. The average molecular weight is 282 g/mol. The van der Waals surface area contributed by atoms with Crippen LogP contribution in [0.4, 0.5) is 9.18 Å². The highest BCUT2D eigenvalue weighted by Gasteiger charge is 2.07. The average Bonchev–Trinajstić information content (AvgIpc) is 2.46. The van der Waals surface area contributed by atoms with Crippen LogP contribution in [-0.4, -0.2) is 37.2 Å². The van der Waals surface area contributed by atoms with Crippen LogP contribution in [0.2, 0.25) is 0 Å². The van der Waals surface area contributed by atoms with Crippen molar-refractivity contribution in [3.63, 3.8) is 0 Å². The predicted molar refractivity (Wildman–Crippen MR) is 77.4 cm³/mol. The van der Waals surface area contributed by atoms with E-state index < -0.39 is 0 Å². The Labute approximate surface area is 119 Å². The molecule has 0 fully saturated rings. The first-order valence-corrected chi connectivity index (χ1v) is 7.08. The van der Waals surface area contributed by atoms with Gasteiger partial charge in [-0.2, -0.15) is 0 Å². The molecule has 1 N–H and O–H groups in total. The van der Waals surface area contributed by atoms with Gasteiger partial charge in [-0.15, -0.1) is 0 Å². The Hall–Kier alpha value is -1.78. The van der Waals surface area contributed by atoms with Gasteiger partial charge in [-0.25, -0.2) is 9.18 Å². The van der Waals surface area contributed by atoms with E-state index in [1.54, 1.807) is 17.0 Å². The van der Waals surface area contributed by atoms with Crippen molar-refractivity contribution >= 4 is 6.03 Å². The number of nitrogens with one attached hydrogen (secondary N) is 1. The Morgan fingerprint density at radius 2 is 1.85 bits per heavy atom. The second kappa shape index (κ2) is 9.18. The van der Waals surface area contributed by atoms with E-state index in [1.807, 2.05) is 13.8 Å². The van der Waals surface area contributed by atoms with Crippen molar-refractivity contribution < 1.29 is 13.9 Å². The molecule has 0 atom stereocenters. The van der Waals surface area contributed by atoms with Gasteiger partial charge < -0.3 is 15.0 Å². The quantitative estimate of drug-likeness (QED) is 0.745. The Balaban J connectivity index is 2.07. The second-order valence-electron chi connectivity index (χ2n) is 4.41. The summed E-state index contributed by atoms with van der Waals surface area (Å²) < 4.78 is 18.1. The number of hydrogen-bond donors (Lipinski definition) is 1. The molecule has 0 aliphatic rings. The molecule has 0 aromatic heterocycles. The predicted octanol–water partition coefficient (Wildman–Crippen LogP) is 3.04. The lowest BCUT2D eigenvalue weighted by molar-refractivity contribution is 0.202. The van der Waals surface area contributed by atoms with Crippen molar-refractivity contribution in [3.05, 3.63) is 30.1 Å². The van der Waals surface area contributed by atoms with Crippen molar-refractivity contribution in [2.75, 3.05) is 26.2 Å². The minimum absolute atomic E-state index is 0.0190. The van der Waals surface area contributed by atoms with Crippen LogP contribution in [0.3, 0.4) is 0 Å². The Morgan fingerprint density at radius 1 is 1.20 bits per heavy atom. The van der Waals surface area contributed by atoms with Crippen molar-refractivity contribution in [1.29, 1.82) is 0 Å². The van der Waals surface area contributed by atoms with Crippen molar-refractivity contribution in [3.8, 4) is 5.75 Å². The van der Waals surface area contributed by atoms with E-state index in [0.29, 0.717) is 18.9 Å². The smallest absolute Gasteiger partial charge is 0.317 e. The summed E-state index contributed by atoms with van der Waals surface area (Å²) in [7, 11) is 0. The number of nitrogens with zero attached hydrogens (tertiary/aromatic N) is 1. The van der Waals surface area contributed by atoms with Crippen LogP contribution in [0.1, 0.15) is 26.7 Å². The Bertz CT molecular complexity index is 391. The molecule has 0 heterocycles. The SMILES string of the molecule is CCN(CC)C(=O)NCCCCOc1ccc(F)cc1. The molecule has 0 saturated heterocycles. The summed E-state index contributed by atoms with van der Waals surface area (Å²) in [5.74, 6) is 0.398. The van der Waals surface area contributed by atoms with Gasteiger partial charge in [-0.05, 0) is 51.0 Å². The summed E-state index contributed by atoms with van der Waals surface area (Å²) in [6.07, 6.45) is 1.70. The third kappa shape index (κ3) is 5.91. The zero-order valence-electron chi connectivity index (χ0n) is 12.2. The number of unbranched alkanes of at least 4 members (excludes halogenated alkanes) is 1. The molecule has 1 rings (SSSR count).